The summed E-state index contributed by atoms with van der Waals surface area (Å²) in [5.74, 6) is 0.361. The first-order valence-electron chi connectivity index (χ1n) is 5.66. The van der Waals surface area contributed by atoms with Gasteiger partial charge in [0.1, 0.15) is 17.2 Å². The molecule has 0 saturated heterocycles. The third-order valence-electron chi connectivity index (χ3n) is 2.67. The number of aryl methyl sites for hydroxylation is 3. The van der Waals surface area contributed by atoms with Crippen LogP contribution in [0, 0.1) is 13.8 Å². The number of aromatic carboxylic acids is 1. The van der Waals surface area contributed by atoms with E-state index in [9.17, 15) is 9.90 Å². The molecule has 0 atom stereocenters. The molecule has 0 saturated carbocycles. The molecule has 2 heterocycles. The normalized spacial score (nSPS) is 10.7. The maximum Gasteiger partial charge on any atom is 0.338 e. The number of carbonyl (C=O) groups is 1. The highest BCUT2D eigenvalue weighted by Crippen LogP contribution is 2.26. The predicted octanol–water partition coefficient (Wildman–Crippen LogP) is 1.82. The summed E-state index contributed by atoms with van der Waals surface area (Å²) in [4.78, 5) is 19.7. The summed E-state index contributed by atoms with van der Waals surface area (Å²) >= 11 is 1.36. The predicted molar refractivity (Wildman–Crippen MR) is 71.2 cm³/mol. The van der Waals surface area contributed by atoms with E-state index >= 15 is 0 Å². The molecule has 0 aromatic carbocycles. The van der Waals surface area contributed by atoms with Crippen molar-refractivity contribution in [1.82, 2.24) is 19.7 Å². The Kier molecular flexibility index (Phi) is 3.84. The number of pyridine rings is 1. The SMILES string of the molecule is Cc1cc(C)c(C(=O)O)c(SCc2ncnn2C)n1. The quantitative estimate of drug-likeness (QED) is 0.859. The number of hydrogen-bond donors (Lipinski definition) is 1. The van der Waals surface area contributed by atoms with Crippen LogP contribution in [-0.2, 0) is 12.8 Å². The van der Waals surface area contributed by atoms with E-state index in [0.717, 1.165) is 17.1 Å². The Balaban J connectivity index is 2.29. The number of thioether (sulfide) groups is 1. The van der Waals surface area contributed by atoms with E-state index in [-0.39, 0.29) is 5.56 Å². The average Bonchev–Trinajstić information content (AvgIpc) is 2.70. The number of aromatic nitrogens is 4. The van der Waals surface area contributed by atoms with Crippen molar-refractivity contribution < 1.29 is 9.90 Å². The van der Waals surface area contributed by atoms with Gasteiger partial charge in [-0.15, -0.1) is 0 Å². The average molecular weight is 278 g/mol. The Morgan fingerprint density at radius 3 is 2.79 bits per heavy atom. The lowest BCUT2D eigenvalue weighted by Gasteiger charge is -2.09. The second-order valence-corrected chi connectivity index (χ2v) is 5.12. The second-order valence-electron chi connectivity index (χ2n) is 4.15. The molecule has 0 bridgehead atoms. The molecule has 19 heavy (non-hydrogen) atoms. The molecular formula is C12H14N4O2S. The van der Waals surface area contributed by atoms with Gasteiger partial charge in [0.25, 0.3) is 0 Å². The number of rotatable bonds is 4. The second kappa shape index (κ2) is 5.40. The zero-order valence-corrected chi connectivity index (χ0v) is 11.7. The lowest BCUT2D eigenvalue weighted by atomic mass is 10.1. The zero-order chi connectivity index (χ0) is 14.0. The molecule has 0 radical (unpaired) electrons. The summed E-state index contributed by atoms with van der Waals surface area (Å²) < 4.78 is 1.66. The first-order chi connectivity index (χ1) is 8.99. The summed E-state index contributed by atoms with van der Waals surface area (Å²) in [6.07, 6.45) is 1.48. The van der Waals surface area contributed by atoms with Crippen LogP contribution in [-0.4, -0.2) is 30.8 Å². The Morgan fingerprint density at radius 1 is 1.47 bits per heavy atom. The molecule has 100 valence electrons. The summed E-state index contributed by atoms with van der Waals surface area (Å²) in [6.45, 7) is 3.63. The molecule has 2 rings (SSSR count). The minimum atomic E-state index is -0.953. The molecule has 0 unspecified atom stereocenters. The number of carboxylic acids is 1. The molecule has 6 nitrogen and oxygen atoms in total. The third-order valence-corrected chi connectivity index (χ3v) is 3.64. The van der Waals surface area contributed by atoms with Crippen LogP contribution in [0.4, 0.5) is 0 Å². The fraction of sp³-hybridized carbons (Fsp3) is 0.333. The van der Waals surface area contributed by atoms with E-state index in [4.69, 9.17) is 0 Å². The molecule has 0 aliphatic carbocycles. The maximum absolute atomic E-state index is 11.3. The number of carboxylic acid groups (broad SMARTS) is 1. The molecule has 0 fully saturated rings. The van der Waals surface area contributed by atoms with E-state index in [1.807, 2.05) is 6.92 Å². The lowest BCUT2D eigenvalue weighted by Crippen LogP contribution is -2.06. The van der Waals surface area contributed by atoms with Crippen molar-refractivity contribution in [3.05, 3.63) is 35.0 Å². The van der Waals surface area contributed by atoms with Crippen LogP contribution in [0.3, 0.4) is 0 Å². The van der Waals surface area contributed by atoms with E-state index in [1.165, 1.54) is 18.1 Å². The van der Waals surface area contributed by atoms with Crippen molar-refractivity contribution in [2.45, 2.75) is 24.6 Å². The Hall–Kier alpha value is -1.89. The molecule has 0 amide bonds. The van der Waals surface area contributed by atoms with Gasteiger partial charge in [0, 0.05) is 12.7 Å². The molecule has 2 aromatic rings. The van der Waals surface area contributed by atoms with Crippen LogP contribution in [0.5, 0.6) is 0 Å². The number of hydrogen-bond acceptors (Lipinski definition) is 5. The van der Waals surface area contributed by atoms with Gasteiger partial charge in [0.2, 0.25) is 0 Å². The minimum absolute atomic E-state index is 0.262. The standard InChI is InChI=1S/C12H14N4O2S/c1-7-4-8(2)15-11(10(7)12(17)18)19-5-9-13-6-14-16(9)3/h4,6H,5H2,1-3H3,(H,17,18). The molecule has 0 aliphatic rings. The van der Waals surface area contributed by atoms with Gasteiger partial charge in [-0.2, -0.15) is 5.10 Å². The van der Waals surface area contributed by atoms with E-state index in [2.05, 4.69) is 15.1 Å². The topological polar surface area (TPSA) is 80.9 Å². The minimum Gasteiger partial charge on any atom is -0.478 e. The molecular weight excluding hydrogens is 264 g/mol. The molecule has 1 N–H and O–H groups in total. The highest BCUT2D eigenvalue weighted by Gasteiger charge is 2.16. The van der Waals surface area contributed by atoms with Gasteiger partial charge in [-0.05, 0) is 25.5 Å². The zero-order valence-electron chi connectivity index (χ0n) is 10.9. The highest BCUT2D eigenvalue weighted by molar-refractivity contribution is 7.98. The van der Waals surface area contributed by atoms with Crippen molar-refractivity contribution in [3.8, 4) is 0 Å². The summed E-state index contributed by atoms with van der Waals surface area (Å²) in [6, 6.07) is 1.77. The van der Waals surface area contributed by atoms with Gasteiger partial charge >= 0.3 is 5.97 Å². The van der Waals surface area contributed by atoms with Gasteiger partial charge in [-0.1, -0.05) is 11.8 Å². The molecule has 0 aliphatic heterocycles. The van der Waals surface area contributed by atoms with Crippen LogP contribution >= 0.6 is 11.8 Å². The smallest absolute Gasteiger partial charge is 0.338 e. The van der Waals surface area contributed by atoms with Gasteiger partial charge < -0.3 is 5.11 Å². The van der Waals surface area contributed by atoms with Crippen LogP contribution < -0.4 is 0 Å². The Bertz CT molecular complexity index is 624. The lowest BCUT2D eigenvalue weighted by molar-refractivity contribution is 0.0691. The highest BCUT2D eigenvalue weighted by atomic mass is 32.2. The Labute approximate surface area is 114 Å². The fourth-order valence-corrected chi connectivity index (χ4v) is 2.88. The third kappa shape index (κ3) is 2.93. The monoisotopic (exact) mass is 278 g/mol. The molecule has 7 heteroatoms. The van der Waals surface area contributed by atoms with Crippen LogP contribution in [0.1, 0.15) is 27.4 Å². The van der Waals surface area contributed by atoms with Crippen LogP contribution in [0.25, 0.3) is 0 Å². The van der Waals surface area contributed by atoms with E-state index in [1.54, 1.807) is 24.7 Å². The van der Waals surface area contributed by atoms with Crippen molar-refractivity contribution >= 4 is 17.7 Å². The molecule has 0 spiro atoms. The molecule has 2 aromatic heterocycles. The first-order valence-corrected chi connectivity index (χ1v) is 6.65. The van der Waals surface area contributed by atoms with Crippen LogP contribution in [0.2, 0.25) is 0 Å². The first kappa shape index (κ1) is 13.5. The largest absolute Gasteiger partial charge is 0.478 e. The van der Waals surface area contributed by atoms with Crippen LogP contribution in [0.15, 0.2) is 17.4 Å². The van der Waals surface area contributed by atoms with Crippen molar-refractivity contribution in [3.63, 3.8) is 0 Å². The maximum atomic E-state index is 11.3. The van der Waals surface area contributed by atoms with Gasteiger partial charge in [-0.25, -0.2) is 14.8 Å². The van der Waals surface area contributed by atoms with Gasteiger partial charge in [0.05, 0.1) is 11.3 Å². The fourth-order valence-electron chi connectivity index (χ4n) is 1.75. The van der Waals surface area contributed by atoms with Crippen molar-refractivity contribution in [1.29, 1.82) is 0 Å². The van der Waals surface area contributed by atoms with E-state index < -0.39 is 5.97 Å². The van der Waals surface area contributed by atoms with Gasteiger partial charge in [-0.3, -0.25) is 4.68 Å². The number of nitrogens with zero attached hydrogens (tertiary/aromatic N) is 4. The van der Waals surface area contributed by atoms with E-state index in [0.29, 0.717) is 10.8 Å². The summed E-state index contributed by atoms with van der Waals surface area (Å²) in [5.41, 5.74) is 1.79. The van der Waals surface area contributed by atoms with Gasteiger partial charge in [0.15, 0.2) is 0 Å². The summed E-state index contributed by atoms with van der Waals surface area (Å²) in [7, 11) is 1.80. The van der Waals surface area contributed by atoms with Crippen molar-refractivity contribution in [2.75, 3.05) is 0 Å². The summed E-state index contributed by atoms with van der Waals surface area (Å²) in [5, 5.41) is 13.8. The van der Waals surface area contributed by atoms with Crippen molar-refractivity contribution in [2.24, 2.45) is 7.05 Å². The Morgan fingerprint density at radius 2 is 2.21 bits per heavy atom.